The van der Waals surface area contributed by atoms with Crippen molar-refractivity contribution in [3.05, 3.63) is 24.3 Å². The number of carbonyl (C=O) groups is 1. The van der Waals surface area contributed by atoms with Crippen LogP contribution in [0.15, 0.2) is 29.2 Å². The molecule has 1 aromatic rings. The van der Waals surface area contributed by atoms with Crippen LogP contribution in [0.4, 0.5) is 0 Å². The molecule has 0 radical (unpaired) electrons. The first-order valence-electron chi connectivity index (χ1n) is 5.40. The van der Waals surface area contributed by atoms with Crippen LogP contribution in [0.5, 0.6) is 5.75 Å². The highest BCUT2D eigenvalue weighted by Gasteiger charge is 2.30. The topological polar surface area (TPSA) is 63.7 Å². The summed E-state index contributed by atoms with van der Waals surface area (Å²) in [5.41, 5.74) is 0. The zero-order chi connectivity index (χ0) is 13.9. The van der Waals surface area contributed by atoms with Gasteiger partial charge < -0.3 is 9.64 Å². The van der Waals surface area contributed by atoms with Gasteiger partial charge in [0, 0.05) is 14.1 Å². The minimum Gasteiger partial charge on any atom is -0.497 e. The van der Waals surface area contributed by atoms with Crippen LogP contribution < -0.4 is 4.74 Å². The lowest BCUT2D eigenvalue weighted by molar-refractivity contribution is -0.127. The molecule has 1 aromatic carbocycles. The minimum atomic E-state index is -3.65. The minimum absolute atomic E-state index is 0.117. The van der Waals surface area contributed by atoms with Crippen molar-refractivity contribution in [1.29, 1.82) is 0 Å². The number of carbonyl (C=O) groups excluding carboxylic acids is 1. The largest absolute Gasteiger partial charge is 0.497 e. The molecule has 1 rings (SSSR count). The molecule has 0 aliphatic rings. The van der Waals surface area contributed by atoms with E-state index < -0.39 is 21.0 Å². The van der Waals surface area contributed by atoms with Crippen LogP contribution in [-0.2, 0) is 14.6 Å². The van der Waals surface area contributed by atoms with E-state index in [-0.39, 0.29) is 4.90 Å². The van der Waals surface area contributed by atoms with E-state index in [2.05, 4.69) is 0 Å². The summed E-state index contributed by atoms with van der Waals surface area (Å²) in [7, 11) is 0.907. The molecule has 0 aliphatic heterocycles. The van der Waals surface area contributed by atoms with E-state index >= 15 is 0 Å². The molecule has 0 N–H and O–H groups in total. The van der Waals surface area contributed by atoms with Gasteiger partial charge in [0.1, 0.15) is 11.0 Å². The Kier molecular flexibility index (Phi) is 4.34. The summed E-state index contributed by atoms with van der Waals surface area (Å²) in [6, 6.07) is 5.99. The number of rotatable bonds is 4. The summed E-state index contributed by atoms with van der Waals surface area (Å²) in [4.78, 5) is 13.1. The van der Waals surface area contributed by atoms with Gasteiger partial charge in [-0.1, -0.05) is 0 Å². The number of nitrogens with zero attached hydrogens (tertiary/aromatic N) is 1. The molecule has 100 valence electrons. The molecule has 1 unspecified atom stereocenters. The number of sulfone groups is 1. The van der Waals surface area contributed by atoms with Crippen molar-refractivity contribution >= 4 is 15.7 Å². The predicted octanol–water partition coefficient (Wildman–Crippen LogP) is 0.946. The monoisotopic (exact) mass is 271 g/mol. The van der Waals surface area contributed by atoms with E-state index in [0.29, 0.717) is 5.75 Å². The van der Waals surface area contributed by atoms with Crippen molar-refractivity contribution in [2.75, 3.05) is 21.2 Å². The number of hydrogen-bond donors (Lipinski definition) is 0. The fourth-order valence-electron chi connectivity index (χ4n) is 1.47. The number of hydrogen-bond acceptors (Lipinski definition) is 4. The summed E-state index contributed by atoms with van der Waals surface area (Å²) in [6.45, 7) is 1.39. The van der Waals surface area contributed by atoms with Crippen molar-refractivity contribution in [2.45, 2.75) is 17.1 Å². The molecular formula is C12H17NO4S. The van der Waals surface area contributed by atoms with E-state index in [9.17, 15) is 13.2 Å². The second kappa shape index (κ2) is 5.39. The van der Waals surface area contributed by atoms with Gasteiger partial charge in [-0.25, -0.2) is 8.42 Å². The number of amides is 1. The fourth-order valence-corrected chi connectivity index (χ4v) is 2.87. The van der Waals surface area contributed by atoms with Gasteiger partial charge in [-0.3, -0.25) is 4.79 Å². The first-order valence-corrected chi connectivity index (χ1v) is 6.94. The zero-order valence-corrected chi connectivity index (χ0v) is 11.7. The number of benzene rings is 1. The van der Waals surface area contributed by atoms with Gasteiger partial charge >= 0.3 is 0 Å². The standard InChI is InChI=1S/C12H17NO4S/c1-9(12(14)13(2)3)18(15,16)11-7-5-10(17-4)6-8-11/h5-9H,1-4H3. The average Bonchev–Trinajstić information content (AvgIpc) is 2.36. The highest BCUT2D eigenvalue weighted by Crippen LogP contribution is 2.20. The van der Waals surface area contributed by atoms with Crippen molar-refractivity contribution in [3.8, 4) is 5.75 Å². The van der Waals surface area contributed by atoms with E-state index in [1.807, 2.05) is 0 Å². The van der Waals surface area contributed by atoms with Gasteiger partial charge in [-0.05, 0) is 31.2 Å². The van der Waals surface area contributed by atoms with E-state index in [4.69, 9.17) is 4.74 Å². The molecule has 5 nitrogen and oxygen atoms in total. The first kappa shape index (κ1) is 14.5. The Hall–Kier alpha value is -1.56. The van der Waals surface area contributed by atoms with Crippen LogP contribution in [0.2, 0.25) is 0 Å². The Balaban J connectivity index is 3.09. The Morgan fingerprint density at radius 2 is 1.72 bits per heavy atom. The molecule has 6 heteroatoms. The van der Waals surface area contributed by atoms with Gasteiger partial charge in [-0.2, -0.15) is 0 Å². The van der Waals surface area contributed by atoms with Crippen LogP contribution >= 0.6 is 0 Å². The maximum absolute atomic E-state index is 12.2. The lowest BCUT2D eigenvalue weighted by Crippen LogP contribution is -2.37. The Morgan fingerprint density at radius 3 is 2.11 bits per heavy atom. The van der Waals surface area contributed by atoms with Crippen LogP contribution in [-0.4, -0.2) is 45.7 Å². The normalized spacial score (nSPS) is 12.9. The van der Waals surface area contributed by atoms with Crippen molar-refractivity contribution in [2.24, 2.45) is 0 Å². The molecule has 1 amide bonds. The first-order chi connectivity index (χ1) is 8.30. The molecular weight excluding hydrogens is 254 g/mol. The second-order valence-corrected chi connectivity index (χ2v) is 6.36. The molecule has 0 aliphatic carbocycles. The average molecular weight is 271 g/mol. The third-order valence-corrected chi connectivity index (χ3v) is 4.70. The predicted molar refractivity (Wildman–Crippen MR) is 68.3 cm³/mol. The Bertz CT molecular complexity index is 520. The SMILES string of the molecule is COc1ccc(S(=O)(=O)C(C)C(=O)N(C)C)cc1. The lowest BCUT2D eigenvalue weighted by Gasteiger charge is -2.17. The molecule has 0 heterocycles. The molecule has 18 heavy (non-hydrogen) atoms. The van der Waals surface area contributed by atoms with Crippen LogP contribution in [0.1, 0.15) is 6.92 Å². The highest BCUT2D eigenvalue weighted by molar-refractivity contribution is 7.92. The summed E-state index contributed by atoms with van der Waals surface area (Å²) in [5, 5.41) is -1.10. The molecule has 0 fully saturated rings. The smallest absolute Gasteiger partial charge is 0.240 e. The molecule has 0 bridgehead atoms. The van der Waals surface area contributed by atoms with Crippen molar-refractivity contribution in [3.63, 3.8) is 0 Å². The molecule has 0 aromatic heterocycles. The maximum atomic E-state index is 12.2. The summed E-state index contributed by atoms with van der Waals surface area (Å²) < 4.78 is 29.3. The maximum Gasteiger partial charge on any atom is 0.240 e. The van der Waals surface area contributed by atoms with Gasteiger partial charge in [0.05, 0.1) is 12.0 Å². The molecule has 0 saturated heterocycles. The summed E-state index contributed by atoms with van der Waals surface area (Å²) in [6.07, 6.45) is 0. The van der Waals surface area contributed by atoms with Crippen molar-refractivity contribution < 1.29 is 17.9 Å². The fraction of sp³-hybridized carbons (Fsp3) is 0.417. The third-order valence-electron chi connectivity index (χ3n) is 2.64. The Labute approximate surface area is 107 Å². The number of methoxy groups -OCH3 is 1. The zero-order valence-electron chi connectivity index (χ0n) is 10.9. The van der Waals surface area contributed by atoms with E-state index in [1.165, 1.54) is 45.2 Å². The van der Waals surface area contributed by atoms with Crippen LogP contribution in [0, 0.1) is 0 Å². The molecule has 1 atom stereocenters. The van der Waals surface area contributed by atoms with Crippen LogP contribution in [0.25, 0.3) is 0 Å². The second-order valence-electron chi connectivity index (χ2n) is 4.10. The quantitative estimate of drug-likeness (QED) is 0.817. The highest BCUT2D eigenvalue weighted by atomic mass is 32.2. The Morgan fingerprint density at radius 1 is 1.22 bits per heavy atom. The van der Waals surface area contributed by atoms with Gasteiger partial charge in [0.15, 0.2) is 9.84 Å². The van der Waals surface area contributed by atoms with Gasteiger partial charge in [0.25, 0.3) is 0 Å². The molecule has 0 saturated carbocycles. The number of ether oxygens (including phenoxy) is 1. The third kappa shape index (κ3) is 2.81. The van der Waals surface area contributed by atoms with Crippen molar-refractivity contribution in [1.82, 2.24) is 4.90 Å². The van der Waals surface area contributed by atoms with Gasteiger partial charge in [-0.15, -0.1) is 0 Å². The van der Waals surface area contributed by atoms with E-state index in [1.54, 1.807) is 12.1 Å². The van der Waals surface area contributed by atoms with Gasteiger partial charge in [0.2, 0.25) is 5.91 Å². The van der Waals surface area contributed by atoms with E-state index in [0.717, 1.165) is 0 Å². The molecule has 0 spiro atoms. The van der Waals surface area contributed by atoms with Crippen LogP contribution in [0.3, 0.4) is 0 Å². The summed E-state index contributed by atoms with van der Waals surface area (Å²) in [5.74, 6) is 0.131. The lowest BCUT2D eigenvalue weighted by atomic mass is 10.3. The summed E-state index contributed by atoms with van der Waals surface area (Å²) >= 11 is 0.